The molecular weight excluding hydrogens is 262 g/mol. The zero-order valence-corrected chi connectivity index (χ0v) is 12.2. The van der Waals surface area contributed by atoms with Gasteiger partial charge < -0.3 is 10.1 Å². The molecular formula is C18H19NO2. The summed E-state index contributed by atoms with van der Waals surface area (Å²) in [5, 5.41) is 3.42. The van der Waals surface area contributed by atoms with Gasteiger partial charge in [-0.15, -0.1) is 0 Å². The molecule has 1 fully saturated rings. The molecule has 3 rings (SSSR count). The van der Waals surface area contributed by atoms with Crippen molar-refractivity contribution in [2.75, 3.05) is 5.32 Å². The second kappa shape index (κ2) is 5.34. The molecule has 3 heteroatoms. The van der Waals surface area contributed by atoms with Crippen molar-refractivity contribution in [1.82, 2.24) is 0 Å². The number of ketones is 1. The molecule has 2 aromatic rings. The fourth-order valence-corrected chi connectivity index (χ4v) is 2.64. The third-order valence-electron chi connectivity index (χ3n) is 3.83. The van der Waals surface area contributed by atoms with Crippen molar-refractivity contribution in [3.8, 4) is 0 Å². The van der Waals surface area contributed by atoms with E-state index in [9.17, 15) is 4.79 Å². The van der Waals surface area contributed by atoms with E-state index in [1.54, 1.807) is 0 Å². The Morgan fingerprint density at radius 2 is 1.57 bits per heavy atom. The molecule has 1 saturated heterocycles. The minimum atomic E-state index is -0.671. The highest BCUT2D eigenvalue weighted by atomic mass is 16.6. The van der Waals surface area contributed by atoms with Gasteiger partial charge in [-0.05, 0) is 31.5 Å². The first-order valence-corrected chi connectivity index (χ1v) is 7.16. The van der Waals surface area contributed by atoms with Crippen LogP contribution in [0.2, 0.25) is 0 Å². The van der Waals surface area contributed by atoms with Crippen LogP contribution in [0.25, 0.3) is 0 Å². The molecule has 1 aliphatic rings. The van der Waals surface area contributed by atoms with Gasteiger partial charge in [0.2, 0.25) is 0 Å². The quantitative estimate of drug-likeness (QED) is 0.930. The smallest absolute Gasteiger partial charge is 0.195 e. The Balaban J connectivity index is 1.88. The molecule has 0 saturated carbocycles. The molecule has 1 aliphatic heterocycles. The molecule has 108 valence electrons. The lowest BCUT2D eigenvalue weighted by atomic mass is 9.84. The maximum atomic E-state index is 12.3. The Labute approximate surface area is 124 Å². The van der Waals surface area contributed by atoms with E-state index < -0.39 is 11.7 Å². The molecule has 1 N–H and O–H groups in total. The van der Waals surface area contributed by atoms with Gasteiger partial charge in [0, 0.05) is 5.69 Å². The highest BCUT2D eigenvalue weighted by Gasteiger charge is 2.51. The monoisotopic (exact) mass is 281 g/mol. The second-order valence-corrected chi connectivity index (χ2v) is 5.81. The molecule has 21 heavy (non-hydrogen) atoms. The van der Waals surface area contributed by atoms with Gasteiger partial charge in [-0.1, -0.05) is 48.5 Å². The summed E-state index contributed by atoms with van der Waals surface area (Å²) in [5.41, 5.74) is 1.36. The first-order valence-electron chi connectivity index (χ1n) is 7.16. The summed E-state index contributed by atoms with van der Waals surface area (Å²) in [7, 11) is 0. The van der Waals surface area contributed by atoms with Gasteiger partial charge in [-0.3, -0.25) is 4.79 Å². The molecule has 0 bridgehead atoms. The maximum absolute atomic E-state index is 12.3. The fraction of sp³-hybridized carbons (Fsp3) is 0.278. The van der Waals surface area contributed by atoms with E-state index in [1.165, 1.54) is 0 Å². The van der Waals surface area contributed by atoms with E-state index in [2.05, 4.69) is 5.32 Å². The van der Waals surface area contributed by atoms with Gasteiger partial charge in [0.25, 0.3) is 0 Å². The van der Waals surface area contributed by atoms with Crippen molar-refractivity contribution >= 4 is 11.5 Å². The van der Waals surface area contributed by atoms with Crippen molar-refractivity contribution in [2.24, 2.45) is 0 Å². The van der Waals surface area contributed by atoms with Crippen LogP contribution in [0.5, 0.6) is 0 Å². The average molecular weight is 281 g/mol. The standard InChI is InChI=1S/C18H19NO2/c1-18(2)17(20)16(21-18)15(13-9-5-3-6-10-13)19-14-11-7-4-8-12-14/h3-12,15-16,19H,1-2H3/t15-,16+/m1/s1. The number of rotatable bonds is 4. The minimum Gasteiger partial charge on any atom is -0.375 e. The summed E-state index contributed by atoms with van der Waals surface area (Å²) in [4.78, 5) is 12.3. The van der Waals surface area contributed by atoms with Crippen molar-refractivity contribution in [1.29, 1.82) is 0 Å². The highest BCUT2D eigenvalue weighted by Crippen LogP contribution is 2.37. The summed E-state index contributed by atoms with van der Waals surface area (Å²) in [6, 6.07) is 19.7. The van der Waals surface area contributed by atoms with Gasteiger partial charge in [0.05, 0.1) is 6.04 Å². The third-order valence-corrected chi connectivity index (χ3v) is 3.83. The van der Waals surface area contributed by atoms with Gasteiger partial charge in [-0.2, -0.15) is 0 Å². The van der Waals surface area contributed by atoms with Crippen LogP contribution >= 0.6 is 0 Å². The topological polar surface area (TPSA) is 38.3 Å². The van der Waals surface area contributed by atoms with Crippen LogP contribution in [-0.4, -0.2) is 17.5 Å². The zero-order chi connectivity index (χ0) is 14.9. The van der Waals surface area contributed by atoms with Crippen LogP contribution in [0.15, 0.2) is 60.7 Å². The first kappa shape index (κ1) is 13.8. The Hall–Kier alpha value is -2.13. The number of ether oxygens (including phenoxy) is 1. The van der Waals surface area contributed by atoms with E-state index in [-0.39, 0.29) is 11.8 Å². The van der Waals surface area contributed by atoms with E-state index in [4.69, 9.17) is 4.74 Å². The SMILES string of the molecule is CC1(C)O[C@@H]([C@H](Nc2ccccc2)c2ccccc2)C1=O. The van der Waals surface area contributed by atoms with E-state index in [1.807, 2.05) is 74.5 Å². The fourth-order valence-electron chi connectivity index (χ4n) is 2.64. The van der Waals surface area contributed by atoms with Crippen LogP contribution < -0.4 is 5.32 Å². The molecule has 0 radical (unpaired) electrons. The Morgan fingerprint density at radius 1 is 1.00 bits per heavy atom. The van der Waals surface area contributed by atoms with Crippen LogP contribution in [0.4, 0.5) is 5.69 Å². The number of nitrogens with one attached hydrogen (secondary N) is 1. The van der Waals surface area contributed by atoms with E-state index in [0.717, 1.165) is 11.3 Å². The summed E-state index contributed by atoms with van der Waals surface area (Å²) in [5.74, 6) is 0.139. The number of carbonyl (C=O) groups is 1. The van der Waals surface area contributed by atoms with Gasteiger partial charge in [0.1, 0.15) is 11.7 Å². The third kappa shape index (κ3) is 2.69. The molecule has 0 aliphatic carbocycles. The molecule has 3 nitrogen and oxygen atoms in total. The number of hydrogen-bond acceptors (Lipinski definition) is 3. The molecule has 0 amide bonds. The minimum absolute atomic E-state index is 0.139. The molecule has 1 heterocycles. The summed E-state index contributed by atoms with van der Waals surface area (Å²) >= 11 is 0. The summed E-state index contributed by atoms with van der Waals surface area (Å²) < 4.78 is 5.82. The Bertz CT molecular complexity index is 622. The first-order chi connectivity index (χ1) is 10.1. The lowest BCUT2D eigenvalue weighted by Crippen LogP contribution is -2.60. The number of benzene rings is 2. The average Bonchev–Trinajstić information content (AvgIpc) is 2.52. The number of hydrogen-bond donors (Lipinski definition) is 1. The predicted molar refractivity (Wildman–Crippen MR) is 83.2 cm³/mol. The van der Waals surface area contributed by atoms with Crippen LogP contribution in [0, 0.1) is 0 Å². The molecule has 2 atom stereocenters. The van der Waals surface area contributed by atoms with Crippen molar-refractivity contribution in [3.05, 3.63) is 66.2 Å². The number of carbonyl (C=O) groups excluding carboxylic acids is 1. The summed E-state index contributed by atoms with van der Waals surface area (Å²) in [6.07, 6.45) is -0.442. The lowest BCUT2D eigenvalue weighted by Gasteiger charge is -2.45. The van der Waals surface area contributed by atoms with Crippen LogP contribution in [0.3, 0.4) is 0 Å². The Kier molecular flexibility index (Phi) is 3.52. The normalized spacial score (nSPS) is 21.4. The van der Waals surface area contributed by atoms with Gasteiger partial charge in [-0.25, -0.2) is 0 Å². The van der Waals surface area contributed by atoms with Crippen LogP contribution in [0.1, 0.15) is 25.5 Å². The number of anilines is 1. The number of para-hydroxylation sites is 1. The van der Waals surface area contributed by atoms with E-state index in [0.29, 0.717) is 0 Å². The van der Waals surface area contributed by atoms with Crippen molar-refractivity contribution < 1.29 is 9.53 Å². The largest absolute Gasteiger partial charge is 0.375 e. The van der Waals surface area contributed by atoms with Gasteiger partial charge in [0.15, 0.2) is 5.78 Å². The van der Waals surface area contributed by atoms with Gasteiger partial charge >= 0.3 is 0 Å². The number of Topliss-reactive ketones (excluding diaryl/α,β-unsaturated/α-hetero) is 1. The van der Waals surface area contributed by atoms with Crippen molar-refractivity contribution in [2.45, 2.75) is 31.6 Å². The lowest BCUT2D eigenvalue weighted by molar-refractivity contribution is -0.196. The zero-order valence-electron chi connectivity index (χ0n) is 12.2. The maximum Gasteiger partial charge on any atom is 0.195 e. The molecule has 0 spiro atoms. The molecule has 2 aromatic carbocycles. The second-order valence-electron chi connectivity index (χ2n) is 5.81. The van der Waals surface area contributed by atoms with Crippen LogP contribution in [-0.2, 0) is 9.53 Å². The van der Waals surface area contributed by atoms with E-state index >= 15 is 0 Å². The Morgan fingerprint density at radius 3 is 2.10 bits per heavy atom. The molecule has 0 unspecified atom stereocenters. The summed E-state index contributed by atoms with van der Waals surface area (Å²) in [6.45, 7) is 3.63. The van der Waals surface area contributed by atoms with Crippen molar-refractivity contribution in [3.63, 3.8) is 0 Å². The highest BCUT2D eigenvalue weighted by molar-refractivity contribution is 5.96. The predicted octanol–water partition coefficient (Wildman–Crippen LogP) is 3.59. The molecule has 0 aromatic heterocycles.